The molecule has 1 amide bonds. The molecular weight excluding hydrogens is 364 g/mol. The van der Waals surface area contributed by atoms with E-state index < -0.39 is 0 Å². The fraction of sp³-hybridized carbons (Fsp3) is 0.261. The zero-order valence-electron chi connectivity index (χ0n) is 16.7. The van der Waals surface area contributed by atoms with Gasteiger partial charge in [0.2, 0.25) is 0 Å². The van der Waals surface area contributed by atoms with Gasteiger partial charge < -0.3 is 14.6 Å². The molecule has 6 nitrogen and oxygen atoms in total. The van der Waals surface area contributed by atoms with E-state index in [1.165, 1.54) is 0 Å². The number of aromatic nitrogens is 3. The maximum atomic E-state index is 12.8. The number of rotatable bonds is 2. The van der Waals surface area contributed by atoms with Gasteiger partial charge in [-0.05, 0) is 50.6 Å². The third-order valence-corrected chi connectivity index (χ3v) is 4.86. The molecule has 0 saturated heterocycles. The van der Waals surface area contributed by atoms with E-state index in [0.29, 0.717) is 24.6 Å². The second kappa shape index (κ2) is 7.53. The molecule has 29 heavy (non-hydrogen) atoms. The van der Waals surface area contributed by atoms with Crippen LogP contribution in [-0.2, 0) is 16.9 Å². The number of carbonyl (C=O) groups excluding carboxylic acids is 1. The van der Waals surface area contributed by atoms with Crippen molar-refractivity contribution in [2.45, 2.75) is 32.9 Å². The van der Waals surface area contributed by atoms with E-state index in [4.69, 9.17) is 4.74 Å². The number of hydrogen-bond donors (Lipinski definition) is 1. The number of nitrogens with one attached hydrogen (secondary N) is 1. The lowest BCUT2D eigenvalue weighted by Crippen LogP contribution is -2.36. The minimum atomic E-state index is -0.219. The predicted molar refractivity (Wildman–Crippen MR) is 111 cm³/mol. The Morgan fingerprint density at radius 2 is 2.14 bits per heavy atom. The molecule has 4 rings (SSSR count). The molecule has 0 atom stereocenters. The summed E-state index contributed by atoms with van der Waals surface area (Å²) in [5, 5.41) is 2.89. The van der Waals surface area contributed by atoms with Gasteiger partial charge in [0, 0.05) is 35.3 Å². The quantitative estimate of drug-likeness (QED) is 0.685. The van der Waals surface area contributed by atoms with Crippen LogP contribution in [0, 0.1) is 18.8 Å². The van der Waals surface area contributed by atoms with Gasteiger partial charge in [-0.25, -0.2) is 4.98 Å². The van der Waals surface area contributed by atoms with Crippen LogP contribution in [-0.4, -0.2) is 27.0 Å². The summed E-state index contributed by atoms with van der Waals surface area (Å²) >= 11 is 0. The molecule has 1 aromatic carbocycles. The molecule has 0 unspecified atom stereocenters. The first-order chi connectivity index (χ1) is 13.9. The van der Waals surface area contributed by atoms with Crippen LogP contribution >= 0.6 is 0 Å². The van der Waals surface area contributed by atoms with Crippen LogP contribution in [0.4, 0.5) is 5.82 Å². The largest absolute Gasteiger partial charge is 0.371 e. The van der Waals surface area contributed by atoms with Gasteiger partial charge in [-0.15, -0.1) is 0 Å². The van der Waals surface area contributed by atoms with Crippen LogP contribution in [0.5, 0.6) is 0 Å². The smallest absolute Gasteiger partial charge is 0.256 e. The highest BCUT2D eigenvalue weighted by molar-refractivity contribution is 6.04. The highest BCUT2D eigenvalue weighted by Gasteiger charge is 2.29. The molecule has 146 valence electrons. The highest BCUT2D eigenvalue weighted by atomic mass is 16.5. The summed E-state index contributed by atoms with van der Waals surface area (Å²) in [6.45, 7) is 7.19. The number of benzene rings is 1. The number of nitrogens with zero attached hydrogens (tertiary/aromatic N) is 3. The van der Waals surface area contributed by atoms with Crippen LogP contribution in [0.15, 0.2) is 48.9 Å². The molecule has 0 radical (unpaired) electrons. The molecule has 3 heterocycles. The second-order valence-corrected chi connectivity index (χ2v) is 7.69. The van der Waals surface area contributed by atoms with Gasteiger partial charge >= 0.3 is 0 Å². The first-order valence-electron chi connectivity index (χ1n) is 9.43. The van der Waals surface area contributed by atoms with Crippen LogP contribution in [0.25, 0.3) is 0 Å². The zero-order valence-corrected chi connectivity index (χ0v) is 16.7. The number of ether oxygens (including phenoxy) is 1. The molecule has 0 aliphatic carbocycles. The number of amides is 1. The lowest BCUT2D eigenvalue weighted by molar-refractivity contribution is 0.0182. The number of aryl methyl sites for hydroxylation is 1. The van der Waals surface area contributed by atoms with Crippen molar-refractivity contribution in [2.24, 2.45) is 0 Å². The lowest BCUT2D eigenvalue weighted by Gasteiger charge is -2.32. The summed E-state index contributed by atoms with van der Waals surface area (Å²) in [7, 11) is 0. The number of fused-ring (bicyclic) bond motifs is 1. The summed E-state index contributed by atoms with van der Waals surface area (Å²) in [6.07, 6.45) is 5.29. The zero-order chi connectivity index (χ0) is 20.4. The minimum absolute atomic E-state index is 0.192. The van der Waals surface area contributed by atoms with Crippen molar-refractivity contribution in [1.29, 1.82) is 0 Å². The van der Waals surface area contributed by atoms with Gasteiger partial charge in [0.05, 0.1) is 12.1 Å². The van der Waals surface area contributed by atoms with Crippen LogP contribution < -0.4 is 5.32 Å². The summed E-state index contributed by atoms with van der Waals surface area (Å²) in [5.41, 5.74) is 2.99. The van der Waals surface area contributed by atoms with Gasteiger partial charge in [-0.2, -0.15) is 0 Å². The minimum Gasteiger partial charge on any atom is -0.371 e. The van der Waals surface area contributed by atoms with E-state index >= 15 is 0 Å². The lowest BCUT2D eigenvalue weighted by atomic mass is 10.0. The van der Waals surface area contributed by atoms with Crippen molar-refractivity contribution < 1.29 is 9.53 Å². The van der Waals surface area contributed by atoms with Crippen molar-refractivity contribution in [3.8, 4) is 11.8 Å². The van der Waals surface area contributed by atoms with Gasteiger partial charge in [0.15, 0.2) is 5.82 Å². The maximum absolute atomic E-state index is 12.8. The Bertz CT molecular complexity index is 1120. The Hall–Kier alpha value is -3.43. The van der Waals surface area contributed by atoms with Crippen molar-refractivity contribution in [2.75, 3.05) is 11.9 Å². The molecule has 0 saturated carbocycles. The Kier molecular flexibility index (Phi) is 4.91. The van der Waals surface area contributed by atoms with Crippen molar-refractivity contribution in [3.63, 3.8) is 0 Å². The van der Waals surface area contributed by atoms with Gasteiger partial charge in [0.1, 0.15) is 12.4 Å². The van der Waals surface area contributed by atoms with Crippen LogP contribution in [0.3, 0.4) is 0 Å². The number of hydrogen-bond acceptors (Lipinski definition) is 4. The molecule has 0 spiro atoms. The van der Waals surface area contributed by atoms with E-state index in [-0.39, 0.29) is 11.4 Å². The molecule has 1 N–H and O–H groups in total. The first kappa shape index (κ1) is 18.9. The van der Waals surface area contributed by atoms with E-state index in [2.05, 4.69) is 45.5 Å². The molecule has 1 aliphatic rings. The van der Waals surface area contributed by atoms with E-state index in [1.54, 1.807) is 24.5 Å². The van der Waals surface area contributed by atoms with E-state index in [9.17, 15) is 4.79 Å². The standard InChI is InChI=1S/C23H22N4O2/c1-16-6-8-19(11-18(16)9-7-17-5-4-10-24-12-17)22(28)26-20-13-27-21(25-20)14-29-15-23(27,2)3/h4-6,8,10-13H,14-15H2,1-3H3,(H,26,28). The Labute approximate surface area is 170 Å². The summed E-state index contributed by atoms with van der Waals surface area (Å²) in [4.78, 5) is 21.3. The van der Waals surface area contributed by atoms with Gasteiger partial charge in [-0.1, -0.05) is 17.9 Å². The predicted octanol–water partition coefficient (Wildman–Crippen LogP) is 3.50. The molecule has 1 aliphatic heterocycles. The highest BCUT2D eigenvalue weighted by Crippen LogP contribution is 2.26. The van der Waals surface area contributed by atoms with E-state index in [0.717, 1.165) is 22.5 Å². The fourth-order valence-electron chi connectivity index (χ4n) is 3.23. The van der Waals surface area contributed by atoms with Crippen molar-refractivity contribution in [1.82, 2.24) is 14.5 Å². The van der Waals surface area contributed by atoms with Crippen LogP contribution in [0.1, 0.15) is 46.7 Å². The molecule has 0 fully saturated rings. The topological polar surface area (TPSA) is 69.0 Å². The SMILES string of the molecule is Cc1ccc(C(=O)Nc2cn3c(n2)COCC3(C)C)cc1C#Cc1cccnc1. The summed E-state index contributed by atoms with van der Waals surface area (Å²) in [5.74, 6) is 7.33. The number of pyridine rings is 1. The fourth-order valence-corrected chi connectivity index (χ4v) is 3.23. The monoisotopic (exact) mass is 386 g/mol. The van der Waals surface area contributed by atoms with Gasteiger partial charge in [-0.3, -0.25) is 9.78 Å². The third kappa shape index (κ3) is 4.05. The first-order valence-corrected chi connectivity index (χ1v) is 9.43. The molecule has 0 bridgehead atoms. The third-order valence-electron chi connectivity index (χ3n) is 4.86. The van der Waals surface area contributed by atoms with Crippen molar-refractivity contribution in [3.05, 3.63) is 77.0 Å². The Morgan fingerprint density at radius 3 is 2.90 bits per heavy atom. The average Bonchev–Trinajstić information content (AvgIpc) is 3.12. The van der Waals surface area contributed by atoms with Crippen LogP contribution in [0.2, 0.25) is 0 Å². The molecule has 2 aromatic heterocycles. The molecular formula is C23H22N4O2. The van der Waals surface area contributed by atoms with Gasteiger partial charge in [0.25, 0.3) is 5.91 Å². The van der Waals surface area contributed by atoms with Crippen molar-refractivity contribution >= 4 is 11.7 Å². The molecule has 6 heteroatoms. The number of carbonyl (C=O) groups is 1. The number of imidazole rings is 1. The Morgan fingerprint density at radius 1 is 1.28 bits per heavy atom. The molecule has 3 aromatic rings. The normalized spacial score (nSPS) is 14.4. The number of anilines is 1. The summed E-state index contributed by atoms with van der Waals surface area (Å²) < 4.78 is 7.65. The van der Waals surface area contributed by atoms with E-state index in [1.807, 2.05) is 31.3 Å². The Balaban J connectivity index is 1.56. The average molecular weight is 386 g/mol. The maximum Gasteiger partial charge on any atom is 0.256 e. The summed E-state index contributed by atoms with van der Waals surface area (Å²) in [6, 6.07) is 9.24. The second-order valence-electron chi connectivity index (χ2n) is 7.69.